The van der Waals surface area contributed by atoms with Gasteiger partial charge in [-0.05, 0) is 0 Å². The smallest absolute Gasteiger partial charge is 0.157 e. The van der Waals surface area contributed by atoms with Crippen LogP contribution >= 0.6 is 34.5 Å². The molecule has 0 atom stereocenters. The Labute approximate surface area is 82.1 Å². The van der Waals surface area contributed by atoms with Crippen molar-refractivity contribution in [2.45, 2.75) is 0 Å². The van der Waals surface area contributed by atoms with Gasteiger partial charge in [-0.1, -0.05) is 11.6 Å². The molecular formula is C5H2ClIN4. The second-order valence-electron chi connectivity index (χ2n) is 1.59. The minimum Gasteiger partial charge on any atom is -0.312 e. The summed E-state index contributed by atoms with van der Waals surface area (Å²) in [4.78, 5) is 7.44. The number of halogens is 2. The van der Waals surface area contributed by atoms with Crippen LogP contribution in [-0.2, 0) is 0 Å². The second kappa shape index (κ2) is 3.69. The third-order valence-electron chi connectivity index (χ3n) is 1.00. The molecule has 0 spiro atoms. The van der Waals surface area contributed by atoms with E-state index in [0.29, 0.717) is 5.82 Å². The summed E-state index contributed by atoms with van der Waals surface area (Å²) >= 11 is 7.46. The summed E-state index contributed by atoms with van der Waals surface area (Å²) in [5.74, 6) is 0.438. The number of hydrogen-bond donors (Lipinski definition) is 1. The Morgan fingerprint density at radius 2 is 2.36 bits per heavy atom. The predicted molar refractivity (Wildman–Crippen MR) is 49.4 cm³/mol. The first-order valence-electron chi connectivity index (χ1n) is 2.57. The van der Waals surface area contributed by atoms with Gasteiger partial charge in [0, 0.05) is 0 Å². The number of nitriles is 1. The fourth-order valence-corrected chi connectivity index (χ4v) is 1.12. The molecule has 1 N–H and O–H groups in total. The normalized spacial score (nSPS) is 8.82. The first-order valence-corrected chi connectivity index (χ1v) is 4.02. The van der Waals surface area contributed by atoms with Gasteiger partial charge in [0.1, 0.15) is 18.0 Å². The summed E-state index contributed by atoms with van der Waals surface area (Å²) < 4.78 is 2.70. The van der Waals surface area contributed by atoms with Crippen molar-refractivity contribution in [3.05, 3.63) is 17.0 Å². The van der Waals surface area contributed by atoms with Gasteiger partial charge in [-0.25, -0.2) is 9.97 Å². The molecule has 1 heterocycles. The lowest BCUT2D eigenvalue weighted by Crippen LogP contribution is -1.92. The molecule has 6 heteroatoms. The fraction of sp³-hybridized carbons (Fsp3) is 0. The number of rotatable bonds is 1. The number of anilines is 1. The zero-order chi connectivity index (χ0) is 8.27. The number of nitrogens with zero attached hydrogens (tertiary/aromatic N) is 3. The van der Waals surface area contributed by atoms with Crippen molar-refractivity contribution in [2.75, 3.05) is 3.53 Å². The molecule has 0 radical (unpaired) electrons. The van der Waals surface area contributed by atoms with Crippen molar-refractivity contribution < 1.29 is 0 Å². The first kappa shape index (κ1) is 8.49. The Hall–Kier alpha value is -0.610. The lowest BCUT2D eigenvalue weighted by Gasteiger charge is -1.98. The third kappa shape index (κ3) is 1.70. The van der Waals surface area contributed by atoms with Crippen molar-refractivity contribution in [2.24, 2.45) is 0 Å². The predicted octanol–water partition coefficient (Wildman–Crippen LogP) is 1.76. The van der Waals surface area contributed by atoms with Gasteiger partial charge in [0.25, 0.3) is 0 Å². The van der Waals surface area contributed by atoms with Crippen molar-refractivity contribution in [1.82, 2.24) is 9.97 Å². The van der Waals surface area contributed by atoms with E-state index in [9.17, 15) is 0 Å². The van der Waals surface area contributed by atoms with Crippen LogP contribution in [0.2, 0.25) is 5.15 Å². The van der Waals surface area contributed by atoms with Gasteiger partial charge in [0.05, 0.1) is 22.9 Å². The average molecular weight is 280 g/mol. The Kier molecular flexibility index (Phi) is 2.84. The summed E-state index contributed by atoms with van der Waals surface area (Å²) in [5.41, 5.74) is 0.267. The SMILES string of the molecule is N#Cc1c(Cl)ncnc1NI. The van der Waals surface area contributed by atoms with Crippen LogP contribution in [0.5, 0.6) is 0 Å². The van der Waals surface area contributed by atoms with E-state index < -0.39 is 0 Å². The zero-order valence-corrected chi connectivity index (χ0v) is 8.09. The van der Waals surface area contributed by atoms with Crippen LogP contribution in [0.15, 0.2) is 6.33 Å². The summed E-state index contributed by atoms with van der Waals surface area (Å²) in [5, 5.41) is 8.74. The van der Waals surface area contributed by atoms with Crippen LogP contribution in [0.25, 0.3) is 0 Å². The van der Waals surface area contributed by atoms with E-state index in [-0.39, 0.29) is 10.7 Å². The highest BCUT2D eigenvalue weighted by Gasteiger charge is 2.06. The lowest BCUT2D eigenvalue weighted by molar-refractivity contribution is 1.16. The Morgan fingerprint density at radius 3 is 2.82 bits per heavy atom. The Morgan fingerprint density at radius 1 is 1.64 bits per heavy atom. The summed E-state index contributed by atoms with van der Waals surface area (Å²) in [7, 11) is 0. The first-order chi connectivity index (χ1) is 5.29. The zero-order valence-electron chi connectivity index (χ0n) is 5.17. The third-order valence-corrected chi connectivity index (χ3v) is 1.80. The Bertz CT molecular complexity index is 308. The highest BCUT2D eigenvalue weighted by Crippen LogP contribution is 2.18. The minimum atomic E-state index is 0.168. The Balaban J connectivity index is 3.27. The van der Waals surface area contributed by atoms with E-state index in [4.69, 9.17) is 16.9 Å². The van der Waals surface area contributed by atoms with Crippen molar-refractivity contribution in [3.8, 4) is 6.07 Å². The second-order valence-corrected chi connectivity index (χ2v) is 2.49. The van der Waals surface area contributed by atoms with Crippen LogP contribution in [0.3, 0.4) is 0 Å². The maximum Gasteiger partial charge on any atom is 0.157 e. The molecule has 56 valence electrons. The van der Waals surface area contributed by atoms with Crippen LogP contribution in [-0.4, -0.2) is 9.97 Å². The monoisotopic (exact) mass is 280 g/mol. The minimum absolute atomic E-state index is 0.168. The van der Waals surface area contributed by atoms with E-state index in [1.807, 2.05) is 28.9 Å². The lowest BCUT2D eigenvalue weighted by atomic mass is 10.3. The highest BCUT2D eigenvalue weighted by molar-refractivity contribution is 14.1. The maximum atomic E-state index is 8.57. The topological polar surface area (TPSA) is 61.6 Å². The molecule has 0 aliphatic heterocycles. The molecular weight excluding hydrogens is 278 g/mol. The molecule has 0 unspecified atom stereocenters. The largest absolute Gasteiger partial charge is 0.312 e. The quantitative estimate of drug-likeness (QED) is 0.484. The maximum absolute atomic E-state index is 8.57. The van der Waals surface area contributed by atoms with E-state index in [1.54, 1.807) is 0 Å². The van der Waals surface area contributed by atoms with Gasteiger partial charge in [0.2, 0.25) is 0 Å². The number of aromatic nitrogens is 2. The molecule has 0 bridgehead atoms. The fourth-order valence-electron chi connectivity index (χ4n) is 0.535. The van der Waals surface area contributed by atoms with Crippen LogP contribution in [0.4, 0.5) is 5.82 Å². The van der Waals surface area contributed by atoms with E-state index in [0.717, 1.165) is 0 Å². The van der Waals surface area contributed by atoms with Gasteiger partial charge in [-0.15, -0.1) is 0 Å². The van der Waals surface area contributed by atoms with E-state index in [1.165, 1.54) is 6.33 Å². The molecule has 0 saturated heterocycles. The summed E-state index contributed by atoms with van der Waals surface area (Å²) in [6, 6.07) is 1.89. The number of hydrogen-bond acceptors (Lipinski definition) is 4. The average Bonchev–Trinajstić information content (AvgIpc) is 2.04. The van der Waals surface area contributed by atoms with Crippen molar-refractivity contribution >= 4 is 40.3 Å². The summed E-state index contributed by atoms with van der Waals surface area (Å²) in [6.45, 7) is 0. The van der Waals surface area contributed by atoms with Gasteiger partial charge in [0.15, 0.2) is 11.0 Å². The van der Waals surface area contributed by atoms with Crippen LogP contribution in [0.1, 0.15) is 5.56 Å². The molecule has 4 nitrogen and oxygen atoms in total. The van der Waals surface area contributed by atoms with Gasteiger partial charge in [-0.2, -0.15) is 5.26 Å². The molecule has 11 heavy (non-hydrogen) atoms. The highest BCUT2D eigenvalue weighted by atomic mass is 127. The van der Waals surface area contributed by atoms with Crippen molar-refractivity contribution in [1.29, 1.82) is 5.26 Å². The molecule has 1 aromatic heterocycles. The van der Waals surface area contributed by atoms with E-state index in [2.05, 4.69) is 13.5 Å². The summed E-state index contributed by atoms with van der Waals surface area (Å²) in [6.07, 6.45) is 1.30. The van der Waals surface area contributed by atoms with Gasteiger partial charge < -0.3 is 3.53 Å². The van der Waals surface area contributed by atoms with Gasteiger partial charge in [-0.3, -0.25) is 0 Å². The van der Waals surface area contributed by atoms with Crippen LogP contribution in [0, 0.1) is 11.3 Å². The standard InChI is InChI=1S/C5H2ClIN4/c6-4-3(1-8)5(11-7)10-2-9-4/h2H,(H,9,10,11). The molecule has 0 amide bonds. The molecule has 0 aliphatic rings. The molecule has 0 fully saturated rings. The van der Waals surface area contributed by atoms with Gasteiger partial charge >= 0.3 is 0 Å². The molecule has 0 saturated carbocycles. The molecule has 1 rings (SSSR count). The van der Waals surface area contributed by atoms with Crippen molar-refractivity contribution in [3.63, 3.8) is 0 Å². The molecule has 0 aromatic carbocycles. The van der Waals surface area contributed by atoms with Crippen LogP contribution < -0.4 is 3.53 Å². The molecule has 0 aliphatic carbocycles. The number of nitrogens with one attached hydrogen (secondary N) is 1. The van der Waals surface area contributed by atoms with E-state index >= 15 is 0 Å². The molecule has 1 aromatic rings.